The molecule has 0 aromatic heterocycles. The van der Waals surface area contributed by atoms with Gasteiger partial charge in [0, 0.05) is 46.6 Å². The molecule has 1 unspecified atom stereocenters. The van der Waals surface area contributed by atoms with E-state index in [1.165, 1.54) is 4.90 Å². The summed E-state index contributed by atoms with van der Waals surface area (Å²) in [6.45, 7) is 1.65. The number of carbonyl (C=O) groups is 3. The van der Waals surface area contributed by atoms with Gasteiger partial charge in [0.15, 0.2) is 0 Å². The van der Waals surface area contributed by atoms with Crippen molar-refractivity contribution in [2.75, 3.05) is 33.7 Å². The van der Waals surface area contributed by atoms with Crippen molar-refractivity contribution in [1.29, 1.82) is 0 Å². The van der Waals surface area contributed by atoms with Crippen LogP contribution in [0.2, 0.25) is 0 Å². The zero-order chi connectivity index (χ0) is 15.1. The normalized spacial score (nSPS) is 17.9. The Bertz CT molecular complexity index is 373. The van der Waals surface area contributed by atoms with Crippen molar-refractivity contribution in [1.82, 2.24) is 15.1 Å². The number of amides is 3. The fourth-order valence-electron chi connectivity index (χ4n) is 2.30. The largest absolute Gasteiger partial charge is 0.481 e. The van der Waals surface area contributed by atoms with E-state index in [1.807, 2.05) is 0 Å². The summed E-state index contributed by atoms with van der Waals surface area (Å²) in [4.78, 5) is 37.1. The summed E-state index contributed by atoms with van der Waals surface area (Å²) in [5.41, 5.74) is 0. The third-order valence-corrected chi connectivity index (χ3v) is 3.60. The van der Waals surface area contributed by atoms with Gasteiger partial charge in [-0.15, -0.1) is 0 Å². The number of urea groups is 1. The van der Waals surface area contributed by atoms with Crippen LogP contribution in [0.3, 0.4) is 0 Å². The number of hydrogen-bond donors (Lipinski definition) is 2. The highest BCUT2D eigenvalue weighted by atomic mass is 16.4. The molecule has 0 aromatic rings. The van der Waals surface area contributed by atoms with Crippen molar-refractivity contribution in [2.24, 2.45) is 5.92 Å². The van der Waals surface area contributed by atoms with Crippen LogP contribution in [0.15, 0.2) is 0 Å². The number of rotatable bonds is 6. The number of carboxylic acid groups (broad SMARTS) is 1. The van der Waals surface area contributed by atoms with E-state index < -0.39 is 5.97 Å². The lowest BCUT2D eigenvalue weighted by Crippen LogP contribution is -2.41. The van der Waals surface area contributed by atoms with Crippen LogP contribution in [0, 0.1) is 5.92 Å². The Balaban J connectivity index is 2.33. The van der Waals surface area contributed by atoms with Gasteiger partial charge in [-0.1, -0.05) is 0 Å². The summed E-state index contributed by atoms with van der Waals surface area (Å²) in [7, 11) is 3.24. The molecule has 1 fully saturated rings. The molecule has 1 aliphatic rings. The first-order chi connectivity index (χ1) is 9.43. The minimum atomic E-state index is -0.794. The highest BCUT2D eigenvalue weighted by Crippen LogP contribution is 2.21. The molecule has 7 heteroatoms. The van der Waals surface area contributed by atoms with Crippen molar-refractivity contribution in [3.63, 3.8) is 0 Å². The van der Waals surface area contributed by atoms with Crippen LogP contribution in [0.1, 0.15) is 25.7 Å². The smallest absolute Gasteiger partial charge is 0.319 e. The third-order valence-electron chi connectivity index (χ3n) is 3.60. The van der Waals surface area contributed by atoms with Gasteiger partial charge in [-0.05, 0) is 18.8 Å². The maximum Gasteiger partial charge on any atom is 0.319 e. The highest BCUT2D eigenvalue weighted by molar-refractivity contribution is 5.78. The Labute approximate surface area is 118 Å². The third kappa shape index (κ3) is 5.07. The highest BCUT2D eigenvalue weighted by Gasteiger charge is 2.28. The Hall–Kier alpha value is -1.79. The van der Waals surface area contributed by atoms with E-state index in [1.54, 1.807) is 19.0 Å². The minimum Gasteiger partial charge on any atom is -0.481 e. The average molecular weight is 285 g/mol. The molecule has 20 heavy (non-hydrogen) atoms. The standard InChI is InChI=1S/C13H23N3O4/c1-14-11(17)6-7-15(2)13(20)16-8-5-10(9-16)3-4-12(18)19/h10H,3-9H2,1-2H3,(H,14,17)(H,18,19). The quantitative estimate of drug-likeness (QED) is 0.737. The Kier molecular flexibility index (Phi) is 6.27. The molecule has 3 amide bonds. The van der Waals surface area contributed by atoms with Crippen molar-refractivity contribution in [3.05, 3.63) is 0 Å². The van der Waals surface area contributed by atoms with Crippen LogP contribution in [0.4, 0.5) is 4.79 Å². The van der Waals surface area contributed by atoms with Gasteiger partial charge in [-0.25, -0.2) is 4.79 Å². The second-order valence-electron chi connectivity index (χ2n) is 5.16. The maximum absolute atomic E-state index is 12.1. The molecule has 0 radical (unpaired) electrons. The Morgan fingerprint density at radius 2 is 2.05 bits per heavy atom. The predicted octanol–water partition coefficient (Wildman–Crippen LogP) is 0.361. The second-order valence-corrected chi connectivity index (χ2v) is 5.16. The monoisotopic (exact) mass is 285 g/mol. The molecule has 7 nitrogen and oxygen atoms in total. The second kappa shape index (κ2) is 7.72. The predicted molar refractivity (Wildman–Crippen MR) is 73.3 cm³/mol. The summed E-state index contributed by atoms with van der Waals surface area (Å²) in [6.07, 6.45) is 1.90. The van der Waals surface area contributed by atoms with E-state index in [-0.39, 0.29) is 30.7 Å². The van der Waals surface area contributed by atoms with Crippen LogP contribution < -0.4 is 5.32 Å². The number of aliphatic carboxylic acids is 1. The maximum atomic E-state index is 12.1. The lowest BCUT2D eigenvalue weighted by molar-refractivity contribution is -0.137. The van der Waals surface area contributed by atoms with Gasteiger partial charge < -0.3 is 20.2 Å². The molecular weight excluding hydrogens is 262 g/mol. The molecule has 0 aromatic carbocycles. The lowest BCUT2D eigenvalue weighted by Gasteiger charge is -2.24. The van der Waals surface area contributed by atoms with Crippen molar-refractivity contribution in [2.45, 2.75) is 25.7 Å². The first kappa shape index (κ1) is 16.3. The average Bonchev–Trinajstić information content (AvgIpc) is 2.89. The van der Waals surface area contributed by atoms with Gasteiger partial charge in [-0.3, -0.25) is 9.59 Å². The van der Waals surface area contributed by atoms with Crippen LogP contribution in [0.5, 0.6) is 0 Å². The van der Waals surface area contributed by atoms with Crippen LogP contribution in [-0.2, 0) is 9.59 Å². The fraction of sp³-hybridized carbons (Fsp3) is 0.769. The number of likely N-dealkylation sites (tertiary alicyclic amines) is 1. The fourth-order valence-corrected chi connectivity index (χ4v) is 2.30. The van der Waals surface area contributed by atoms with Gasteiger partial charge in [0.1, 0.15) is 0 Å². The van der Waals surface area contributed by atoms with E-state index in [4.69, 9.17) is 5.11 Å². The van der Waals surface area contributed by atoms with E-state index in [0.717, 1.165) is 6.42 Å². The van der Waals surface area contributed by atoms with E-state index in [0.29, 0.717) is 26.1 Å². The SMILES string of the molecule is CNC(=O)CCN(C)C(=O)N1CCC(CCC(=O)O)C1. The molecule has 1 aliphatic heterocycles. The summed E-state index contributed by atoms with van der Waals surface area (Å²) in [6, 6.07) is -0.0910. The van der Waals surface area contributed by atoms with Gasteiger partial charge in [0.05, 0.1) is 0 Å². The summed E-state index contributed by atoms with van der Waals surface area (Å²) >= 11 is 0. The summed E-state index contributed by atoms with van der Waals surface area (Å²) < 4.78 is 0. The molecule has 0 aliphatic carbocycles. The molecule has 0 spiro atoms. The molecule has 114 valence electrons. The van der Waals surface area contributed by atoms with Crippen LogP contribution in [0.25, 0.3) is 0 Å². The zero-order valence-electron chi connectivity index (χ0n) is 12.1. The Morgan fingerprint density at radius 3 is 2.65 bits per heavy atom. The van der Waals surface area contributed by atoms with E-state index >= 15 is 0 Å². The minimum absolute atomic E-state index is 0.0910. The zero-order valence-corrected chi connectivity index (χ0v) is 12.1. The first-order valence-corrected chi connectivity index (χ1v) is 6.86. The number of hydrogen-bond acceptors (Lipinski definition) is 3. The molecule has 1 saturated heterocycles. The Morgan fingerprint density at radius 1 is 1.35 bits per heavy atom. The molecule has 1 atom stereocenters. The first-order valence-electron chi connectivity index (χ1n) is 6.86. The van der Waals surface area contributed by atoms with Crippen molar-refractivity contribution < 1.29 is 19.5 Å². The van der Waals surface area contributed by atoms with Crippen LogP contribution in [-0.4, -0.2) is 66.5 Å². The van der Waals surface area contributed by atoms with Crippen molar-refractivity contribution >= 4 is 17.9 Å². The lowest BCUT2D eigenvalue weighted by atomic mass is 10.0. The summed E-state index contributed by atoms with van der Waals surface area (Å²) in [5, 5.41) is 11.2. The van der Waals surface area contributed by atoms with E-state index in [2.05, 4.69) is 5.32 Å². The van der Waals surface area contributed by atoms with Gasteiger partial charge in [0.2, 0.25) is 5.91 Å². The van der Waals surface area contributed by atoms with Gasteiger partial charge >= 0.3 is 12.0 Å². The van der Waals surface area contributed by atoms with Gasteiger partial charge in [-0.2, -0.15) is 0 Å². The number of carboxylic acids is 1. The molecule has 1 rings (SSSR count). The number of nitrogens with one attached hydrogen (secondary N) is 1. The molecule has 2 N–H and O–H groups in total. The van der Waals surface area contributed by atoms with E-state index in [9.17, 15) is 14.4 Å². The van der Waals surface area contributed by atoms with Crippen molar-refractivity contribution in [3.8, 4) is 0 Å². The molecule has 0 bridgehead atoms. The summed E-state index contributed by atoms with van der Waals surface area (Å²) in [5.74, 6) is -0.620. The van der Waals surface area contributed by atoms with Crippen LogP contribution >= 0.6 is 0 Å². The topological polar surface area (TPSA) is 90.0 Å². The molecule has 1 heterocycles. The van der Waals surface area contributed by atoms with Gasteiger partial charge in [0.25, 0.3) is 0 Å². The molecule has 0 saturated carbocycles. The molecular formula is C13H23N3O4. The number of carbonyl (C=O) groups excluding carboxylic acids is 2. The number of nitrogens with zero attached hydrogens (tertiary/aromatic N) is 2.